The Kier molecular flexibility index (Phi) is 4.81. The van der Waals surface area contributed by atoms with E-state index in [1.165, 1.54) is 11.8 Å². The van der Waals surface area contributed by atoms with Gasteiger partial charge in [0.1, 0.15) is 5.54 Å². The highest BCUT2D eigenvalue weighted by Crippen LogP contribution is 2.30. The molecule has 3 rings (SSSR count). The van der Waals surface area contributed by atoms with Crippen LogP contribution in [0.15, 0.2) is 29.4 Å². The van der Waals surface area contributed by atoms with Crippen LogP contribution in [-0.2, 0) is 11.8 Å². The molecular formula is C18H22N4OS. The van der Waals surface area contributed by atoms with Crippen LogP contribution < -0.4 is 5.32 Å². The first-order chi connectivity index (χ1) is 11.5. The number of aromatic nitrogens is 2. The van der Waals surface area contributed by atoms with Gasteiger partial charge in [0, 0.05) is 7.05 Å². The zero-order chi connectivity index (χ0) is 17.2. The fourth-order valence-corrected chi connectivity index (χ4v) is 4.09. The smallest absolute Gasteiger partial charge is 0.234 e. The van der Waals surface area contributed by atoms with Gasteiger partial charge in [0.15, 0.2) is 5.16 Å². The SMILES string of the molecule is CC(Sc1nc2ccccc2n1C)C(=O)NC1(C#N)CCCCC1. The Bertz CT molecular complexity index is 786. The van der Waals surface area contributed by atoms with Gasteiger partial charge >= 0.3 is 0 Å². The number of imidazole rings is 1. The molecule has 1 aliphatic rings. The van der Waals surface area contributed by atoms with Gasteiger partial charge in [-0.2, -0.15) is 5.26 Å². The first-order valence-electron chi connectivity index (χ1n) is 8.36. The van der Waals surface area contributed by atoms with E-state index in [1.54, 1.807) is 0 Å². The Hall–Kier alpha value is -2.00. The second-order valence-electron chi connectivity index (χ2n) is 6.45. The van der Waals surface area contributed by atoms with E-state index >= 15 is 0 Å². The molecule has 1 aromatic carbocycles. The zero-order valence-corrected chi connectivity index (χ0v) is 14.9. The number of amides is 1. The van der Waals surface area contributed by atoms with Crippen molar-refractivity contribution in [1.82, 2.24) is 14.9 Å². The van der Waals surface area contributed by atoms with Gasteiger partial charge in [-0.25, -0.2) is 4.98 Å². The van der Waals surface area contributed by atoms with E-state index in [1.807, 2.05) is 42.8 Å². The topological polar surface area (TPSA) is 70.7 Å². The number of thioether (sulfide) groups is 1. The summed E-state index contributed by atoms with van der Waals surface area (Å²) in [7, 11) is 1.96. The molecule has 1 unspecified atom stereocenters. The Balaban J connectivity index is 1.71. The number of nitrogens with zero attached hydrogens (tertiary/aromatic N) is 3. The van der Waals surface area contributed by atoms with Gasteiger partial charge in [0.2, 0.25) is 5.91 Å². The minimum atomic E-state index is -0.684. The van der Waals surface area contributed by atoms with E-state index in [9.17, 15) is 10.1 Å². The summed E-state index contributed by atoms with van der Waals surface area (Å²) >= 11 is 1.43. The molecule has 1 saturated carbocycles. The predicted molar refractivity (Wildman–Crippen MR) is 95.6 cm³/mol. The number of para-hydroxylation sites is 2. The maximum absolute atomic E-state index is 12.6. The Morgan fingerprint density at radius 1 is 1.38 bits per heavy atom. The van der Waals surface area contributed by atoms with E-state index in [4.69, 9.17) is 0 Å². The third-order valence-electron chi connectivity index (χ3n) is 4.68. The Labute approximate surface area is 146 Å². The van der Waals surface area contributed by atoms with E-state index < -0.39 is 5.54 Å². The summed E-state index contributed by atoms with van der Waals surface area (Å²) in [6.07, 6.45) is 4.64. The van der Waals surface area contributed by atoms with E-state index in [-0.39, 0.29) is 11.2 Å². The average Bonchev–Trinajstić information content (AvgIpc) is 2.92. The molecule has 0 saturated heterocycles. The van der Waals surface area contributed by atoms with Gasteiger partial charge in [-0.3, -0.25) is 4.79 Å². The van der Waals surface area contributed by atoms with E-state index in [2.05, 4.69) is 16.4 Å². The molecule has 0 spiro atoms. The highest BCUT2D eigenvalue weighted by atomic mass is 32.2. The number of fused-ring (bicyclic) bond motifs is 1. The quantitative estimate of drug-likeness (QED) is 0.865. The second-order valence-corrected chi connectivity index (χ2v) is 7.75. The fourth-order valence-electron chi connectivity index (χ4n) is 3.20. The van der Waals surface area contributed by atoms with E-state index in [0.717, 1.165) is 48.3 Å². The molecule has 1 aliphatic carbocycles. The number of hydrogen-bond donors (Lipinski definition) is 1. The van der Waals surface area contributed by atoms with Crippen LogP contribution >= 0.6 is 11.8 Å². The molecule has 0 aliphatic heterocycles. The first kappa shape index (κ1) is 16.8. The van der Waals surface area contributed by atoms with Gasteiger partial charge in [-0.05, 0) is 31.9 Å². The normalized spacial score (nSPS) is 18.0. The van der Waals surface area contributed by atoms with Gasteiger partial charge in [-0.15, -0.1) is 0 Å². The van der Waals surface area contributed by atoms with Crippen molar-refractivity contribution in [2.45, 2.75) is 55.0 Å². The minimum Gasteiger partial charge on any atom is -0.337 e. The third kappa shape index (κ3) is 3.27. The molecule has 1 amide bonds. The molecule has 5 nitrogen and oxygen atoms in total. The van der Waals surface area contributed by atoms with Crippen LogP contribution in [0.5, 0.6) is 0 Å². The molecule has 0 bridgehead atoms. The largest absolute Gasteiger partial charge is 0.337 e. The van der Waals surface area contributed by atoms with Crippen LogP contribution in [0.3, 0.4) is 0 Å². The number of nitriles is 1. The molecule has 1 heterocycles. The number of benzene rings is 1. The average molecular weight is 342 g/mol. The summed E-state index contributed by atoms with van der Waals surface area (Å²) in [6, 6.07) is 10.3. The van der Waals surface area contributed by atoms with Crippen molar-refractivity contribution in [2.24, 2.45) is 7.05 Å². The van der Waals surface area contributed by atoms with Gasteiger partial charge in [-0.1, -0.05) is 43.2 Å². The summed E-state index contributed by atoms with van der Waals surface area (Å²) in [4.78, 5) is 17.2. The standard InChI is InChI=1S/C18H22N4OS/c1-13(16(23)21-18(12-19)10-6-3-7-11-18)24-17-20-14-8-4-5-9-15(14)22(17)2/h4-5,8-9,13H,3,6-7,10-11H2,1-2H3,(H,21,23). The molecular weight excluding hydrogens is 320 g/mol. The minimum absolute atomic E-state index is 0.0875. The van der Waals surface area contributed by atoms with Crippen LogP contribution in [0.2, 0.25) is 0 Å². The molecule has 24 heavy (non-hydrogen) atoms. The van der Waals surface area contributed by atoms with Crippen LogP contribution in [0, 0.1) is 11.3 Å². The number of aryl methyl sites for hydroxylation is 1. The van der Waals surface area contributed by atoms with Gasteiger partial charge in [0.05, 0.1) is 22.4 Å². The molecule has 1 N–H and O–H groups in total. The Morgan fingerprint density at radius 3 is 2.75 bits per heavy atom. The lowest BCUT2D eigenvalue weighted by Crippen LogP contribution is -2.50. The lowest BCUT2D eigenvalue weighted by atomic mass is 9.83. The van der Waals surface area contributed by atoms with Crippen molar-refractivity contribution in [3.05, 3.63) is 24.3 Å². The number of carbonyl (C=O) groups excluding carboxylic acids is 1. The molecule has 126 valence electrons. The predicted octanol–water partition coefficient (Wildman–Crippen LogP) is 3.40. The second kappa shape index (κ2) is 6.86. The lowest BCUT2D eigenvalue weighted by Gasteiger charge is -2.32. The molecule has 6 heteroatoms. The van der Waals surface area contributed by atoms with Crippen LogP contribution in [0.4, 0.5) is 0 Å². The van der Waals surface area contributed by atoms with Crippen LogP contribution in [0.25, 0.3) is 11.0 Å². The van der Waals surface area contributed by atoms with Gasteiger partial charge < -0.3 is 9.88 Å². The highest BCUT2D eigenvalue weighted by molar-refractivity contribution is 8.00. The van der Waals surface area contributed by atoms with Crippen LogP contribution in [-0.4, -0.2) is 26.2 Å². The number of rotatable bonds is 4. The maximum atomic E-state index is 12.6. The third-order valence-corrected chi connectivity index (χ3v) is 5.82. The first-order valence-corrected chi connectivity index (χ1v) is 9.24. The Morgan fingerprint density at radius 2 is 2.08 bits per heavy atom. The summed E-state index contributed by atoms with van der Waals surface area (Å²) in [6.45, 7) is 1.87. The molecule has 2 aromatic rings. The number of carbonyl (C=O) groups is 1. The van der Waals surface area contributed by atoms with Crippen molar-refractivity contribution < 1.29 is 4.79 Å². The van der Waals surface area contributed by atoms with E-state index in [0.29, 0.717) is 0 Å². The summed E-state index contributed by atoms with van der Waals surface area (Å²) < 4.78 is 2.00. The van der Waals surface area contributed by atoms with Crippen molar-refractivity contribution in [3.8, 4) is 6.07 Å². The van der Waals surface area contributed by atoms with Crippen molar-refractivity contribution in [3.63, 3.8) is 0 Å². The zero-order valence-electron chi connectivity index (χ0n) is 14.1. The van der Waals surface area contributed by atoms with Gasteiger partial charge in [0.25, 0.3) is 0 Å². The highest BCUT2D eigenvalue weighted by Gasteiger charge is 2.35. The summed E-state index contributed by atoms with van der Waals surface area (Å²) in [5.74, 6) is -0.0875. The molecule has 1 atom stereocenters. The fraction of sp³-hybridized carbons (Fsp3) is 0.500. The number of nitrogens with one attached hydrogen (secondary N) is 1. The molecule has 1 aromatic heterocycles. The van der Waals surface area contributed by atoms with Crippen molar-refractivity contribution in [1.29, 1.82) is 5.26 Å². The number of hydrogen-bond acceptors (Lipinski definition) is 4. The molecule has 0 radical (unpaired) electrons. The summed E-state index contributed by atoms with van der Waals surface area (Å²) in [5, 5.41) is 13.0. The monoisotopic (exact) mass is 342 g/mol. The molecule has 1 fully saturated rings. The van der Waals surface area contributed by atoms with Crippen molar-refractivity contribution in [2.75, 3.05) is 0 Å². The van der Waals surface area contributed by atoms with Crippen LogP contribution in [0.1, 0.15) is 39.0 Å². The summed E-state index contributed by atoms with van der Waals surface area (Å²) in [5.41, 5.74) is 1.29. The maximum Gasteiger partial charge on any atom is 0.234 e. The lowest BCUT2D eigenvalue weighted by molar-refractivity contribution is -0.121. The van der Waals surface area contributed by atoms with Crippen molar-refractivity contribution >= 4 is 28.7 Å².